The molecule has 2 heterocycles. The first-order valence-corrected chi connectivity index (χ1v) is 8.35. The molecule has 3 aromatic rings. The van der Waals surface area contributed by atoms with Gasteiger partial charge in [-0.25, -0.2) is 0 Å². The molecule has 7 nitrogen and oxygen atoms in total. The summed E-state index contributed by atoms with van der Waals surface area (Å²) in [4.78, 5) is 12.2. The molecule has 0 fully saturated rings. The van der Waals surface area contributed by atoms with Crippen molar-refractivity contribution in [3.8, 4) is 17.1 Å². The molecule has 0 aliphatic carbocycles. The number of aromatic nitrogens is 3. The summed E-state index contributed by atoms with van der Waals surface area (Å²) in [6.07, 6.45) is 0.777. The van der Waals surface area contributed by atoms with Gasteiger partial charge < -0.3 is 9.26 Å². The lowest BCUT2D eigenvalue weighted by atomic mass is 10.1. The molecule has 1 N–H and O–H groups in total. The van der Waals surface area contributed by atoms with Crippen LogP contribution in [0.2, 0.25) is 0 Å². The number of anilines is 1. The minimum absolute atomic E-state index is 0.187. The largest absolute Gasteiger partial charge is 0.494 e. The van der Waals surface area contributed by atoms with Crippen LogP contribution in [0.25, 0.3) is 11.3 Å². The average Bonchev–Trinajstić information content (AvgIpc) is 3.25. The van der Waals surface area contributed by atoms with Gasteiger partial charge in [-0.3, -0.25) is 10.1 Å². The highest BCUT2D eigenvalue weighted by atomic mass is 32.1. The first-order chi connectivity index (χ1) is 11.7. The first-order valence-electron chi connectivity index (χ1n) is 7.53. The number of benzene rings is 1. The molecule has 2 aromatic heterocycles. The van der Waals surface area contributed by atoms with Gasteiger partial charge in [-0.05, 0) is 37.6 Å². The maximum atomic E-state index is 12.2. The molecule has 124 valence electrons. The molecule has 3 rings (SSSR count). The van der Waals surface area contributed by atoms with Crippen molar-refractivity contribution < 1.29 is 14.1 Å². The van der Waals surface area contributed by atoms with E-state index in [0.29, 0.717) is 17.5 Å². The zero-order valence-corrected chi connectivity index (χ0v) is 14.1. The highest BCUT2D eigenvalue weighted by Crippen LogP contribution is 2.24. The molecule has 0 unspecified atom stereocenters. The van der Waals surface area contributed by atoms with E-state index in [9.17, 15) is 4.79 Å². The Labute approximate surface area is 142 Å². The predicted octanol–water partition coefficient (Wildman–Crippen LogP) is 3.41. The summed E-state index contributed by atoms with van der Waals surface area (Å²) >= 11 is 1.34. The van der Waals surface area contributed by atoms with Crippen LogP contribution in [-0.4, -0.2) is 27.9 Å². The Hall–Kier alpha value is -2.74. The highest BCUT2D eigenvalue weighted by molar-refractivity contribution is 7.15. The monoisotopic (exact) mass is 344 g/mol. The number of nitrogens with one attached hydrogen (secondary N) is 1. The summed E-state index contributed by atoms with van der Waals surface area (Å²) < 4.78 is 10.6. The van der Waals surface area contributed by atoms with Crippen LogP contribution in [0.15, 0.2) is 34.9 Å². The van der Waals surface area contributed by atoms with Crippen LogP contribution in [0.5, 0.6) is 5.75 Å². The Kier molecular flexibility index (Phi) is 4.85. The summed E-state index contributed by atoms with van der Waals surface area (Å²) in [7, 11) is 0. The molecule has 8 heteroatoms. The van der Waals surface area contributed by atoms with Crippen molar-refractivity contribution in [1.29, 1.82) is 0 Å². The van der Waals surface area contributed by atoms with Gasteiger partial charge in [-0.15, -0.1) is 10.2 Å². The van der Waals surface area contributed by atoms with Crippen LogP contribution < -0.4 is 10.1 Å². The summed E-state index contributed by atoms with van der Waals surface area (Å²) in [5.74, 6) is 0.908. The molecule has 0 radical (unpaired) electrons. The van der Waals surface area contributed by atoms with E-state index in [-0.39, 0.29) is 11.6 Å². The predicted molar refractivity (Wildman–Crippen MR) is 90.3 cm³/mol. The van der Waals surface area contributed by atoms with E-state index < -0.39 is 0 Å². The van der Waals surface area contributed by atoms with Crippen LogP contribution in [0.3, 0.4) is 0 Å². The van der Waals surface area contributed by atoms with Crippen molar-refractivity contribution in [3.63, 3.8) is 0 Å². The number of carbonyl (C=O) groups excluding carboxylic acids is 1. The minimum atomic E-state index is -0.380. The summed E-state index contributed by atoms with van der Waals surface area (Å²) in [5.41, 5.74) is 1.00. The normalized spacial score (nSPS) is 10.6. The zero-order valence-electron chi connectivity index (χ0n) is 13.3. The second-order valence-corrected chi connectivity index (χ2v) is 5.90. The molecule has 0 aliphatic heterocycles. The van der Waals surface area contributed by atoms with Gasteiger partial charge in [0.05, 0.1) is 6.61 Å². The molecule has 0 saturated carbocycles. The fraction of sp³-hybridized carbons (Fsp3) is 0.250. The van der Waals surface area contributed by atoms with Crippen LogP contribution in [0, 0.1) is 0 Å². The van der Waals surface area contributed by atoms with E-state index in [0.717, 1.165) is 22.7 Å². The number of ether oxygens (including phenoxy) is 1. The number of nitrogens with zero attached hydrogens (tertiary/aromatic N) is 3. The third-order valence-corrected chi connectivity index (χ3v) is 4.17. The maximum absolute atomic E-state index is 12.2. The summed E-state index contributed by atoms with van der Waals surface area (Å²) in [5, 5.41) is 15.7. The molecule has 1 amide bonds. The van der Waals surface area contributed by atoms with E-state index in [1.165, 1.54) is 11.3 Å². The van der Waals surface area contributed by atoms with Crippen molar-refractivity contribution in [2.75, 3.05) is 11.9 Å². The Bertz CT molecular complexity index is 826. The minimum Gasteiger partial charge on any atom is -0.494 e. The molecule has 0 aliphatic rings. The fourth-order valence-corrected chi connectivity index (χ4v) is 2.68. The molecule has 1 aromatic carbocycles. The van der Waals surface area contributed by atoms with Gasteiger partial charge in [-0.1, -0.05) is 23.4 Å². The molecule has 24 heavy (non-hydrogen) atoms. The number of hydrogen-bond donors (Lipinski definition) is 1. The molecular formula is C16H16N4O3S. The number of amides is 1. The lowest BCUT2D eigenvalue weighted by molar-refractivity contribution is 0.101. The molecule has 0 spiro atoms. The number of carbonyl (C=O) groups is 1. The SMILES string of the molecule is CCOc1ccc(-c2cc(C(=O)Nc3nnc(CC)s3)no2)cc1. The molecule has 0 bridgehead atoms. The standard InChI is InChI=1S/C16H16N4O3S/c1-3-14-18-19-16(24-14)17-15(21)12-9-13(23-20-12)10-5-7-11(8-6-10)22-4-2/h5-9H,3-4H2,1-2H3,(H,17,19,21). The number of aryl methyl sites for hydroxylation is 1. The fourth-order valence-electron chi connectivity index (χ4n) is 2.01. The van der Waals surface area contributed by atoms with Gasteiger partial charge in [0, 0.05) is 11.6 Å². The number of hydrogen-bond acceptors (Lipinski definition) is 7. The van der Waals surface area contributed by atoms with Crippen molar-refractivity contribution in [1.82, 2.24) is 15.4 Å². The third kappa shape index (κ3) is 3.60. The molecule has 0 atom stereocenters. The third-order valence-electron chi connectivity index (χ3n) is 3.18. The van der Waals surface area contributed by atoms with E-state index in [1.807, 2.05) is 38.1 Å². The maximum Gasteiger partial charge on any atom is 0.279 e. The number of rotatable bonds is 6. The van der Waals surface area contributed by atoms with Crippen LogP contribution in [0.1, 0.15) is 29.3 Å². The van der Waals surface area contributed by atoms with Crippen molar-refractivity contribution in [2.45, 2.75) is 20.3 Å². The second-order valence-electron chi connectivity index (χ2n) is 4.84. The van der Waals surface area contributed by atoms with Crippen LogP contribution in [-0.2, 0) is 6.42 Å². The lowest BCUT2D eigenvalue weighted by Crippen LogP contribution is -2.11. The molecular weight excluding hydrogens is 328 g/mol. The van der Waals surface area contributed by atoms with Gasteiger partial charge in [0.1, 0.15) is 10.8 Å². The van der Waals surface area contributed by atoms with Crippen molar-refractivity contribution in [3.05, 3.63) is 41.0 Å². The summed E-state index contributed by atoms with van der Waals surface area (Å²) in [6.45, 7) is 4.51. The Balaban J connectivity index is 1.71. The average molecular weight is 344 g/mol. The van der Waals surface area contributed by atoms with Crippen molar-refractivity contribution >= 4 is 22.4 Å². The van der Waals surface area contributed by atoms with E-state index >= 15 is 0 Å². The zero-order chi connectivity index (χ0) is 16.9. The lowest BCUT2D eigenvalue weighted by Gasteiger charge is -2.02. The van der Waals surface area contributed by atoms with Gasteiger partial charge in [-0.2, -0.15) is 0 Å². The molecule has 0 saturated heterocycles. The van der Waals surface area contributed by atoms with E-state index in [2.05, 4.69) is 20.7 Å². The van der Waals surface area contributed by atoms with Gasteiger partial charge >= 0.3 is 0 Å². The van der Waals surface area contributed by atoms with Gasteiger partial charge in [0.25, 0.3) is 5.91 Å². The van der Waals surface area contributed by atoms with E-state index in [4.69, 9.17) is 9.26 Å². The highest BCUT2D eigenvalue weighted by Gasteiger charge is 2.15. The Morgan fingerprint density at radius 3 is 2.71 bits per heavy atom. The van der Waals surface area contributed by atoms with Crippen LogP contribution in [0.4, 0.5) is 5.13 Å². The Morgan fingerprint density at radius 1 is 1.25 bits per heavy atom. The van der Waals surface area contributed by atoms with Crippen molar-refractivity contribution in [2.24, 2.45) is 0 Å². The van der Waals surface area contributed by atoms with E-state index in [1.54, 1.807) is 6.07 Å². The smallest absolute Gasteiger partial charge is 0.279 e. The topological polar surface area (TPSA) is 90.1 Å². The van der Waals surface area contributed by atoms with Gasteiger partial charge in [0.15, 0.2) is 11.5 Å². The Morgan fingerprint density at radius 2 is 2.04 bits per heavy atom. The summed E-state index contributed by atoms with van der Waals surface area (Å²) in [6, 6.07) is 8.98. The van der Waals surface area contributed by atoms with Crippen LogP contribution >= 0.6 is 11.3 Å². The second kappa shape index (κ2) is 7.22. The first kappa shape index (κ1) is 16.1. The van der Waals surface area contributed by atoms with Gasteiger partial charge in [0.2, 0.25) is 5.13 Å². The quantitative estimate of drug-likeness (QED) is 0.737.